The van der Waals surface area contributed by atoms with Crippen molar-refractivity contribution in [3.8, 4) is 0 Å². The number of hydrogen-bond acceptors (Lipinski definition) is 2. The molecule has 1 aromatic carbocycles. The maximum absolute atomic E-state index is 4.98. The minimum absolute atomic E-state index is 0.573. The molecule has 16 heavy (non-hydrogen) atoms. The molecule has 0 heterocycles. The van der Waals surface area contributed by atoms with Gasteiger partial charge in [0.2, 0.25) is 0 Å². The van der Waals surface area contributed by atoms with Crippen LogP contribution in [0.1, 0.15) is 30.9 Å². The smallest absolute Gasteiger partial charge is 0.0635 e. The Labute approximate surface area is 98.3 Å². The van der Waals surface area contributed by atoms with Crippen molar-refractivity contribution in [1.82, 2.24) is 5.32 Å². The monoisotopic (exact) mass is 219 g/mol. The molecule has 0 aliphatic rings. The van der Waals surface area contributed by atoms with Gasteiger partial charge in [-0.15, -0.1) is 0 Å². The van der Waals surface area contributed by atoms with E-state index in [1.807, 2.05) is 0 Å². The fraction of sp³-hybridized carbons (Fsp3) is 0.429. The average molecular weight is 219 g/mol. The Balaban J connectivity index is 2.56. The standard InChI is InChI=1S/C14H21NO/c1-11(2)13-5-7-14(8-6-13)12(3)15-9-10-16-4/h5-8,11,15H,3,9-10H2,1-2,4H3. The van der Waals surface area contributed by atoms with Gasteiger partial charge in [-0.25, -0.2) is 0 Å². The zero-order chi connectivity index (χ0) is 12.0. The molecular weight excluding hydrogens is 198 g/mol. The molecule has 88 valence electrons. The van der Waals surface area contributed by atoms with Crippen LogP contribution < -0.4 is 5.32 Å². The van der Waals surface area contributed by atoms with E-state index < -0.39 is 0 Å². The van der Waals surface area contributed by atoms with E-state index in [1.54, 1.807) is 7.11 Å². The SMILES string of the molecule is C=C(NCCOC)c1ccc(C(C)C)cc1. The van der Waals surface area contributed by atoms with Crippen LogP contribution in [0.15, 0.2) is 30.8 Å². The molecular formula is C14H21NO. The molecule has 0 radical (unpaired) electrons. The first-order valence-corrected chi connectivity index (χ1v) is 5.67. The number of nitrogens with one attached hydrogen (secondary N) is 1. The van der Waals surface area contributed by atoms with Gasteiger partial charge in [0.25, 0.3) is 0 Å². The van der Waals surface area contributed by atoms with E-state index in [0.29, 0.717) is 12.5 Å². The van der Waals surface area contributed by atoms with Crippen molar-refractivity contribution >= 4 is 5.70 Å². The highest BCUT2D eigenvalue weighted by Gasteiger charge is 2.01. The van der Waals surface area contributed by atoms with Gasteiger partial charge in [0, 0.05) is 19.4 Å². The van der Waals surface area contributed by atoms with Crippen LogP contribution in [0.5, 0.6) is 0 Å². The van der Waals surface area contributed by atoms with Gasteiger partial charge in [-0.2, -0.15) is 0 Å². The van der Waals surface area contributed by atoms with Crippen LogP contribution in [0.3, 0.4) is 0 Å². The predicted molar refractivity (Wildman–Crippen MR) is 69.4 cm³/mol. The number of rotatable bonds is 6. The molecule has 1 aromatic rings. The van der Waals surface area contributed by atoms with E-state index in [9.17, 15) is 0 Å². The van der Waals surface area contributed by atoms with Crippen LogP contribution in [-0.2, 0) is 4.74 Å². The summed E-state index contributed by atoms with van der Waals surface area (Å²) < 4.78 is 4.98. The highest BCUT2D eigenvalue weighted by Crippen LogP contribution is 2.17. The van der Waals surface area contributed by atoms with E-state index in [2.05, 4.69) is 50.0 Å². The summed E-state index contributed by atoms with van der Waals surface area (Å²) in [7, 11) is 1.70. The van der Waals surface area contributed by atoms with E-state index in [0.717, 1.165) is 17.8 Å². The molecule has 0 spiro atoms. The molecule has 0 bridgehead atoms. The third kappa shape index (κ3) is 3.70. The largest absolute Gasteiger partial charge is 0.383 e. The second-order valence-corrected chi connectivity index (χ2v) is 4.17. The minimum atomic E-state index is 0.573. The third-order valence-electron chi connectivity index (χ3n) is 2.57. The molecule has 0 unspecified atom stereocenters. The van der Waals surface area contributed by atoms with Gasteiger partial charge >= 0.3 is 0 Å². The molecule has 0 fully saturated rings. The number of methoxy groups -OCH3 is 1. The Morgan fingerprint density at radius 3 is 2.44 bits per heavy atom. The van der Waals surface area contributed by atoms with Gasteiger partial charge in [0.15, 0.2) is 0 Å². The van der Waals surface area contributed by atoms with Gasteiger partial charge in [-0.1, -0.05) is 44.7 Å². The highest BCUT2D eigenvalue weighted by atomic mass is 16.5. The molecule has 0 amide bonds. The van der Waals surface area contributed by atoms with Gasteiger partial charge in [0.1, 0.15) is 0 Å². The highest BCUT2D eigenvalue weighted by molar-refractivity contribution is 5.61. The molecule has 0 atom stereocenters. The number of ether oxygens (including phenoxy) is 1. The summed E-state index contributed by atoms with van der Waals surface area (Å²) in [6, 6.07) is 8.53. The van der Waals surface area contributed by atoms with E-state index in [1.165, 1.54) is 5.56 Å². The van der Waals surface area contributed by atoms with Crippen molar-refractivity contribution in [2.45, 2.75) is 19.8 Å². The molecule has 2 heteroatoms. The lowest BCUT2D eigenvalue weighted by molar-refractivity contribution is 0.203. The molecule has 0 saturated carbocycles. The zero-order valence-electron chi connectivity index (χ0n) is 10.4. The summed E-state index contributed by atoms with van der Waals surface area (Å²) in [5, 5.41) is 3.23. The van der Waals surface area contributed by atoms with Crippen molar-refractivity contribution in [3.05, 3.63) is 42.0 Å². The molecule has 1 rings (SSSR count). The second kappa shape index (κ2) is 6.33. The lowest BCUT2D eigenvalue weighted by Gasteiger charge is -2.11. The van der Waals surface area contributed by atoms with E-state index in [4.69, 9.17) is 4.74 Å². The fourth-order valence-electron chi connectivity index (χ4n) is 1.48. The minimum Gasteiger partial charge on any atom is -0.383 e. The Hall–Kier alpha value is -1.28. The summed E-state index contributed by atoms with van der Waals surface area (Å²) in [6.07, 6.45) is 0. The Kier molecular flexibility index (Phi) is 5.06. The van der Waals surface area contributed by atoms with Crippen molar-refractivity contribution in [2.24, 2.45) is 0 Å². The summed E-state index contributed by atoms with van der Waals surface area (Å²) in [5.41, 5.74) is 3.45. The van der Waals surface area contributed by atoms with Crippen molar-refractivity contribution in [2.75, 3.05) is 20.3 Å². The third-order valence-corrected chi connectivity index (χ3v) is 2.57. The van der Waals surface area contributed by atoms with Crippen molar-refractivity contribution in [3.63, 3.8) is 0 Å². The first-order chi connectivity index (χ1) is 7.65. The van der Waals surface area contributed by atoms with Gasteiger partial charge in [-0.05, 0) is 17.0 Å². The number of benzene rings is 1. The normalized spacial score (nSPS) is 10.5. The molecule has 0 aliphatic carbocycles. The van der Waals surface area contributed by atoms with E-state index >= 15 is 0 Å². The van der Waals surface area contributed by atoms with Crippen molar-refractivity contribution in [1.29, 1.82) is 0 Å². The Bertz CT molecular complexity index is 327. The maximum Gasteiger partial charge on any atom is 0.0635 e. The predicted octanol–water partition coefficient (Wildman–Crippen LogP) is 3.02. The Morgan fingerprint density at radius 2 is 1.94 bits per heavy atom. The molecule has 0 saturated heterocycles. The maximum atomic E-state index is 4.98. The lowest BCUT2D eigenvalue weighted by Crippen LogP contribution is -2.16. The molecule has 1 N–H and O–H groups in total. The van der Waals surface area contributed by atoms with Gasteiger partial charge in [0.05, 0.1) is 6.61 Å². The van der Waals surface area contributed by atoms with Crippen molar-refractivity contribution < 1.29 is 4.74 Å². The fourth-order valence-corrected chi connectivity index (χ4v) is 1.48. The summed E-state index contributed by atoms with van der Waals surface area (Å²) in [6.45, 7) is 9.89. The van der Waals surface area contributed by atoms with Crippen LogP contribution in [-0.4, -0.2) is 20.3 Å². The number of hydrogen-bond donors (Lipinski definition) is 1. The first kappa shape index (κ1) is 12.8. The topological polar surface area (TPSA) is 21.3 Å². The average Bonchev–Trinajstić information content (AvgIpc) is 2.29. The quantitative estimate of drug-likeness (QED) is 0.743. The summed E-state index contributed by atoms with van der Waals surface area (Å²) in [4.78, 5) is 0. The molecule has 0 aliphatic heterocycles. The van der Waals surface area contributed by atoms with Crippen LogP contribution in [0, 0.1) is 0 Å². The summed E-state index contributed by atoms with van der Waals surface area (Å²) in [5.74, 6) is 0.573. The molecule has 2 nitrogen and oxygen atoms in total. The zero-order valence-corrected chi connectivity index (χ0v) is 10.4. The van der Waals surface area contributed by atoms with Gasteiger partial charge < -0.3 is 10.1 Å². The second-order valence-electron chi connectivity index (χ2n) is 4.17. The summed E-state index contributed by atoms with van der Waals surface area (Å²) >= 11 is 0. The molecule has 0 aromatic heterocycles. The lowest BCUT2D eigenvalue weighted by atomic mass is 10.0. The Morgan fingerprint density at radius 1 is 1.31 bits per heavy atom. The van der Waals surface area contributed by atoms with Crippen LogP contribution in [0.4, 0.5) is 0 Å². The van der Waals surface area contributed by atoms with Crippen LogP contribution >= 0.6 is 0 Å². The van der Waals surface area contributed by atoms with E-state index in [-0.39, 0.29) is 0 Å². The van der Waals surface area contributed by atoms with Crippen LogP contribution in [0.25, 0.3) is 5.70 Å². The van der Waals surface area contributed by atoms with Crippen LogP contribution in [0.2, 0.25) is 0 Å². The van der Waals surface area contributed by atoms with Gasteiger partial charge in [-0.3, -0.25) is 0 Å². The first-order valence-electron chi connectivity index (χ1n) is 5.67.